The standard InChI is InChI=1S/C18H16ClFN4O2/c19-14-6-8-15(9-7-14)24-18(26)23(12-16(25)21-11-10-20)17(22-24)13-4-2-1-3-5-13/h1-9H,10-12H2,(H,21,25). The van der Waals surface area contributed by atoms with Crippen LogP contribution in [0.2, 0.25) is 5.02 Å². The van der Waals surface area contributed by atoms with Gasteiger partial charge in [-0.3, -0.25) is 9.36 Å². The van der Waals surface area contributed by atoms with Gasteiger partial charge < -0.3 is 5.32 Å². The lowest BCUT2D eigenvalue weighted by Gasteiger charge is -2.06. The van der Waals surface area contributed by atoms with E-state index in [4.69, 9.17) is 11.6 Å². The summed E-state index contributed by atoms with van der Waals surface area (Å²) in [5.74, 6) is -0.112. The summed E-state index contributed by atoms with van der Waals surface area (Å²) < 4.78 is 14.7. The summed E-state index contributed by atoms with van der Waals surface area (Å²) in [5.41, 5.74) is 0.747. The van der Waals surface area contributed by atoms with E-state index in [-0.39, 0.29) is 13.1 Å². The van der Waals surface area contributed by atoms with Crippen LogP contribution in [0.1, 0.15) is 0 Å². The molecule has 6 nitrogen and oxygen atoms in total. The molecule has 0 spiro atoms. The highest BCUT2D eigenvalue weighted by Gasteiger charge is 2.18. The first-order chi connectivity index (χ1) is 12.6. The number of hydrogen-bond acceptors (Lipinski definition) is 3. The Labute approximate surface area is 153 Å². The quantitative estimate of drug-likeness (QED) is 0.720. The smallest absolute Gasteiger partial charge is 0.351 e. The van der Waals surface area contributed by atoms with Crippen LogP contribution in [-0.2, 0) is 11.3 Å². The second kappa shape index (κ2) is 7.97. The maximum atomic E-state index is 12.8. The highest BCUT2D eigenvalue weighted by atomic mass is 35.5. The molecule has 0 radical (unpaired) electrons. The Morgan fingerprint density at radius 3 is 2.46 bits per heavy atom. The van der Waals surface area contributed by atoms with E-state index in [1.54, 1.807) is 36.4 Å². The number of rotatable bonds is 6. The van der Waals surface area contributed by atoms with Crippen molar-refractivity contribution in [2.24, 2.45) is 0 Å². The Balaban J connectivity index is 2.07. The van der Waals surface area contributed by atoms with Gasteiger partial charge >= 0.3 is 5.69 Å². The second-order valence-corrected chi connectivity index (χ2v) is 5.92. The Bertz CT molecular complexity index is 952. The minimum atomic E-state index is -0.670. The lowest BCUT2D eigenvalue weighted by atomic mass is 10.2. The molecule has 0 fully saturated rings. The summed E-state index contributed by atoms with van der Waals surface area (Å²) in [6, 6.07) is 15.7. The minimum absolute atomic E-state index is 0.0976. The van der Waals surface area contributed by atoms with Gasteiger partial charge in [0.05, 0.1) is 5.69 Å². The molecule has 1 N–H and O–H groups in total. The van der Waals surface area contributed by atoms with E-state index in [0.717, 1.165) is 0 Å². The van der Waals surface area contributed by atoms with Crippen molar-refractivity contribution in [1.29, 1.82) is 0 Å². The molecule has 3 rings (SSSR count). The van der Waals surface area contributed by atoms with Gasteiger partial charge in [-0.25, -0.2) is 9.18 Å². The average molecular weight is 375 g/mol. The van der Waals surface area contributed by atoms with Gasteiger partial charge in [-0.1, -0.05) is 41.9 Å². The molecule has 26 heavy (non-hydrogen) atoms. The zero-order chi connectivity index (χ0) is 18.5. The Morgan fingerprint density at radius 2 is 1.81 bits per heavy atom. The fourth-order valence-electron chi connectivity index (χ4n) is 2.48. The fraction of sp³-hybridized carbons (Fsp3) is 0.167. The number of carbonyl (C=O) groups is 1. The molecule has 2 aromatic carbocycles. The van der Waals surface area contributed by atoms with Gasteiger partial charge in [-0.2, -0.15) is 4.68 Å². The molecule has 0 aliphatic rings. The zero-order valence-electron chi connectivity index (χ0n) is 13.7. The lowest BCUT2D eigenvalue weighted by molar-refractivity contribution is -0.121. The molecule has 1 aromatic heterocycles. The molecule has 1 amide bonds. The van der Waals surface area contributed by atoms with Gasteiger partial charge in [-0.05, 0) is 24.3 Å². The Morgan fingerprint density at radius 1 is 1.12 bits per heavy atom. The van der Waals surface area contributed by atoms with Crippen LogP contribution in [0.3, 0.4) is 0 Å². The van der Waals surface area contributed by atoms with Crippen LogP contribution in [-0.4, -0.2) is 33.5 Å². The summed E-state index contributed by atoms with van der Waals surface area (Å²) in [6.45, 7) is -1.02. The van der Waals surface area contributed by atoms with E-state index in [9.17, 15) is 14.0 Å². The Hall–Kier alpha value is -2.93. The van der Waals surface area contributed by atoms with Gasteiger partial charge in [0.2, 0.25) is 5.91 Å². The van der Waals surface area contributed by atoms with E-state index < -0.39 is 18.3 Å². The summed E-state index contributed by atoms with van der Waals surface area (Å²) in [4.78, 5) is 24.8. The highest BCUT2D eigenvalue weighted by molar-refractivity contribution is 6.30. The minimum Gasteiger partial charge on any atom is -0.352 e. The van der Waals surface area contributed by atoms with Gasteiger partial charge in [0.1, 0.15) is 13.2 Å². The van der Waals surface area contributed by atoms with E-state index in [1.165, 1.54) is 9.25 Å². The van der Waals surface area contributed by atoms with Crippen LogP contribution in [0.5, 0.6) is 0 Å². The molecule has 0 bridgehead atoms. The maximum absolute atomic E-state index is 12.8. The third kappa shape index (κ3) is 3.83. The number of nitrogens with one attached hydrogen (secondary N) is 1. The molecule has 0 unspecified atom stereocenters. The maximum Gasteiger partial charge on any atom is 0.351 e. The summed E-state index contributed by atoms with van der Waals surface area (Å²) in [7, 11) is 0. The van der Waals surface area contributed by atoms with Crippen molar-refractivity contribution in [3.8, 4) is 17.1 Å². The van der Waals surface area contributed by atoms with E-state index in [1.807, 2.05) is 18.2 Å². The molecule has 0 aliphatic heterocycles. The van der Waals surface area contributed by atoms with Crippen molar-refractivity contribution in [2.45, 2.75) is 6.54 Å². The number of aromatic nitrogens is 3. The topological polar surface area (TPSA) is 68.9 Å². The molecule has 3 aromatic rings. The van der Waals surface area contributed by atoms with E-state index >= 15 is 0 Å². The summed E-state index contributed by atoms with van der Waals surface area (Å²) >= 11 is 5.89. The second-order valence-electron chi connectivity index (χ2n) is 5.49. The molecular formula is C18H16ClFN4O2. The summed E-state index contributed by atoms with van der Waals surface area (Å²) in [6.07, 6.45) is 0. The van der Waals surface area contributed by atoms with Crippen molar-refractivity contribution < 1.29 is 9.18 Å². The highest BCUT2D eigenvalue weighted by Crippen LogP contribution is 2.17. The van der Waals surface area contributed by atoms with E-state index in [2.05, 4.69) is 10.4 Å². The number of hydrogen-bond donors (Lipinski definition) is 1. The van der Waals surface area contributed by atoms with Crippen molar-refractivity contribution in [3.05, 3.63) is 70.1 Å². The van der Waals surface area contributed by atoms with Crippen LogP contribution >= 0.6 is 11.6 Å². The molecule has 0 saturated heterocycles. The molecule has 8 heteroatoms. The number of benzene rings is 2. The summed E-state index contributed by atoms with van der Waals surface area (Å²) in [5, 5.41) is 7.34. The zero-order valence-corrected chi connectivity index (χ0v) is 14.5. The number of amides is 1. The molecule has 1 heterocycles. The van der Waals surface area contributed by atoms with Crippen LogP contribution in [0.4, 0.5) is 4.39 Å². The first-order valence-corrected chi connectivity index (χ1v) is 8.32. The van der Waals surface area contributed by atoms with Gasteiger partial charge in [0.25, 0.3) is 0 Å². The van der Waals surface area contributed by atoms with Crippen LogP contribution in [0.15, 0.2) is 59.4 Å². The third-order valence-corrected chi connectivity index (χ3v) is 3.94. The van der Waals surface area contributed by atoms with Crippen molar-refractivity contribution in [1.82, 2.24) is 19.7 Å². The van der Waals surface area contributed by atoms with Gasteiger partial charge in [0, 0.05) is 17.1 Å². The fourth-order valence-corrected chi connectivity index (χ4v) is 2.60. The first kappa shape index (κ1) is 17.9. The van der Waals surface area contributed by atoms with Gasteiger partial charge in [-0.15, -0.1) is 5.10 Å². The van der Waals surface area contributed by atoms with Crippen LogP contribution < -0.4 is 11.0 Å². The molecule has 0 atom stereocenters. The van der Waals surface area contributed by atoms with Crippen molar-refractivity contribution in [2.75, 3.05) is 13.2 Å². The Kier molecular flexibility index (Phi) is 5.48. The van der Waals surface area contributed by atoms with Crippen molar-refractivity contribution in [3.63, 3.8) is 0 Å². The number of alkyl halides is 1. The number of nitrogens with zero attached hydrogens (tertiary/aromatic N) is 3. The predicted octanol–water partition coefficient (Wildman–Crippen LogP) is 2.44. The molecule has 134 valence electrons. The molecule has 0 aliphatic carbocycles. The molecular weight excluding hydrogens is 359 g/mol. The third-order valence-electron chi connectivity index (χ3n) is 3.68. The van der Waals surface area contributed by atoms with Crippen LogP contribution in [0.25, 0.3) is 17.1 Å². The largest absolute Gasteiger partial charge is 0.352 e. The van der Waals surface area contributed by atoms with Crippen molar-refractivity contribution >= 4 is 17.5 Å². The predicted molar refractivity (Wildman–Crippen MR) is 97.3 cm³/mol. The number of carbonyl (C=O) groups excluding carboxylic acids is 1. The lowest BCUT2D eigenvalue weighted by Crippen LogP contribution is -2.34. The number of halogens is 2. The van der Waals surface area contributed by atoms with Gasteiger partial charge in [0.15, 0.2) is 5.82 Å². The van der Waals surface area contributed by atoms with E-state index in [0.29, 0.717) is 22.1 Å². The van der Waals surface area contributed by atoms with Crippen LogP contribution in [0, 0.1) is 0 Å². The molecule has 0 saturated carbocycles. The monoisotopic (exact) mass is 374 g/mol. The first-order valence-electron chi connectivity index (χ1n) is 7.94. The average Bonchev–Trinajstić information content (AvgIpc) is 2.98. The SMILES string of the molecule is O=C(Cn1c(-c2ccccc2)nn(-c2ccc(Cl)cc2)c1=O)NCCF. The normalized spacial score (nSPS) is 10.7.